The third kappa shape index (κ3) is 11.2. The van der Waals surface area contributed by atoms with Crippen LogP contribution in [0.4, 0.5) is 34.1 Å². The summed E-state index contributed by atoms with van der Waals surface area (Å²) < 4.78 is 5.09. The van der Waals surface area contributed by atoms with E-state index >= 15 is 0 Å². The molecule has 5 heteroatoms. The standard InChI is InChI=1S/C110H91BN4/c1-107(2,3)76-55-73-49-50-74-56-77(108(4,5)6)64-91-86(58-75(57-76)102(73)103(74)91)72-51-53-92-98(59-72)114(105-87(68-33-17-13-18-34-68)60-78(109(7,8)9)61-88(105)69-35-19-14-20-36-69)100-66-81(113-96-47-31-27-43-84(96)85-44-28-32-48-97(85)113)67-101-104(100)111(92)93-54-52-80(112-94-45-29-25-41-82(94)83-42-26-30-46-95(83)112)65-99(93)115(101)106-89(70-37-21-15-22-38-70)62-79(110(10,11)12)63-90(106)71-39-23-16-24-40-71/h13-67H,1-12H3. The topological polar surface area (TPSA) is 16.3 Å². The summed E-state index contributed by atoms with van der Waals surface area (Å²) in [7, 11) is 0. The molecule has 0 radical (unpaired) electrons. The molecule has 0 unspecified atom stereocenters. The van der Waals surface area contributed by atoms with Gasteiger partial charge in [-0.2, -0.15) is 0 Å². The third-order valence-electron chi connectivity index (χ3n) is 25.1. The third-order valence-corrected chi connectivity index (χ3v) is 25.1. The Morgan fingerprint density at radius 2 is 0.557 bits per heavy atom. The quantitative estimate of drug-likeness (QED) is 0.106. The van der Waals surface area contributed by atoms with Gasteiger partial charge in [0.25, 0.3) is 6.71 Å². The summed E-state index contributed by atoms with van der Waals surface area (Å²) in [4.78, 5) is 5.52. The Morgan fingerprint density at radius 3 is 0.965 bits per heavy atom. The van der Waals surface area contributed by atoms with E-state index in [0.29, 0.717) is 0 Å². The minimum absolute atomic E-state index is 0.0890. The van der Waals surface area contributed by atoms with Gasteiger partial charge in [0.2, 0.25) is 0 Å². The predicted octanol–water partition coefficient (Wildman–Crippen LogP) is 28.4. The van der Waals surface area contributed by atoms with Gasteiger partial charge in [-0.25, -0.2) is 0 Å². The number of nitrogens with zero attached hydrogens (tertiary/aromatic N) is 4. The highest BCUT2D eigenvalue weighted by molar-refractivity contribution is 7.00. The van der Waals surface area contributed by atoms with Crippen molar-refractivity contribution >= 4 is 133 Å². The van der Waals surface area contributed by atoms with Crippen molar-refractivity contribution in [1.29, 1.82) is 0 Å². The fraction of sp³-hybridized carbons (Fsp3) is 0.145. The number of hydrogen-bond acceptors (Lipinski definition) is 2. The molecular weight excluding hydrogens is 1390 g/mol. The summed E-state index contributed by atoms with van der Waals surface area (Å²) in [6.07, 6.45) is 0. The number of para-hydroxylation sites is 4. The highest BCUT2D eigenvalue weighted by Gasteiger charge is 2.47. The molecule has 19 aromatic rings. The largest absolute Gasteiger partial charge is 0.310 e. The minimum atomic E-state index is -0.306. The van der Waals surface area contributed by atoms with Gasteiger partial charge in [0.1, 0.15) is 0 Å². The molecule has 0 saturated heterocycles. The van der Waals surface area contributed by atoms with Gasteiger partial charge in [0.15, 0.2) is 0 Å². The maximum absolute atomic E-state index is 2.77. The Hall–Kier alpha value is -13.0. The van der Waals surface area contributed by atoms with Crippen LogP contribution in [0.2, 0.25) is 0 Å². The van der Waals surface area contributed by atoms with Crippen LogP contribution < -0.4 is 26.2 Å². The number of fused-ring (bicyclic) bond motifs is 10. The van der Waals surface area contributed by atoms with Crippen LogP contribution in [0.1, 0.15) is 105 Å². The molecular formula is C110H91BN4. The zero-order valence-electron chi connectivity index (χ0n) is 67.6. The lowest BCUT2D eigenvalue weighted by Crippen LogP contribution is -2.61. The number of anilines is 6. The molecule has 0 fully saturated rings. The molecule has 0 saturated carbocycles. The molecule has 0 aliphatic carbocycles. The fourth-order valence-electron chi connectivity index (χ4n) is 19.3. The monoisotopic (exact) mass is 1480 g/mol. The molecule has 0 atom stereocenters. The highest BCUT2D eigenvalue weighted by Crippen LogP contribution is 2.57. The van der Waals surface area contributed by atoms with Crippen LogP contribution in [0, 0.1) is 0 Å². The van der Waals surface area contributed by atoms with E-state index in [-0.39, 0.29) is 28.4 Å². The van der Waals surface area contributed by atoms with Crippen molar-refractivity contribution in [2.75, 3.05) is 9.80 Å². The Labute approximate surface area is 675 Å². The summed E-state index contributed by atoms with van der Waals surface area (Å²) >= 11 is 0. The van der Waals surface area contributed by atoms with E-state index in [4.69, 9.17) is 0 Å². The molecule has 4 nitrogen and oxygen atoms in total. The number of aromatic nitrogens is 2. The molecule has 0 spiro atoms. The first-order valence-electron chi connectivity index (χ1n) is 41.0. The van der Waals surface area contributed by atoms with Crippen molar-refractivity contribution < 1.29 is 0 Å². The van der Waals surface area contributed by atoms with Crippen LogP contribution in [0.15, 0.2) is 334 Å². The lowest BCUT2D eigenvalue weighted by molar-refractivity contribution is 0.590. The fourth-order valence-corrected chi connectivity index (χ4v) is 19.3. The molecule has 2 aliphatic heterocycles. The van der Waals surface area contributed by atoms with E-state index in [2.05, 4.69) is 436 Å². The summed E-state index contributed by atoms with van der Waals surface area (Å²) in [6, 6.07) is 129. The molecule has 4 heterocycles. The summed E-state index contributed by atoms with van der Waals surface area (Å²) in [5.74, 6) is 0. The Kier molecular flexibility index (Phi) is 15.7. The van der Waals surface area contributed by atoms with Crippen LogP contribution in [-0.2, 0) is 21.7 Å². The second-order valence-corrected chi connectivity index (χ2v) is 36.5. The zero-order valence-corrected chi connectivity index (χ0v) is 67.6. The van der Waals surface area contributed by atoms with Gasteiger partial charge in [-0.15, -0.1) is 0 Å². The summed E-state index contributed by atoms with van der Waals surface area (Å²) in [5.41, 5.74) is 33.2. The van der Waals surface area contributed by atoms with Gasteiger partial charge in [-0.3, -0.25) is 0 Å². The zero-order chi connectivity index (χ0) is 78.3. The van der Waals surface area contributed by atoms with Crippen LogP contribution in [0.5, 0.6) is 0 Å². The molecule has 0 N–H and O–H groups in total. The van der Waals surface area contributed by atoms with Crippen LogP contribution in [0.25, 0.3) is 143 Å². The van der Waals surface area contributed by atoms with Gasteiger partial charge in [-0.1, -0.05) is 326 Å². The van der Waals surface area contributed by atoms with E-state index in [0.717, 1.165) is 118 Å². The summed E-state index contributed by atoms with van der Waals surface area (Å²) in [6.45, 7) is 28.1. The van der Waals surface area contributed by atoms with E-state index in [1.54, 1.807) is 0 Å². The second-order valence-electron chi connectivity index (χ2n) is 36.5. The molecule has 21 rings (SSSR count). The molecule has 0 bridgehead atoms. The summed E-state index contributed by atoms with van der Waals surface area (Å²) in [5, 5.41) is 12.6. The molecule has 2 aliphatic rings. The molecule has 115 heavy (non-hydrogen) atoms. The number of hydrogen-bond donors (Lipinski definition) is 0. The lowest BCUT2D eigenvalue weighted by atomic mass is 9.33. The normalized spacial score (nSPS) is 13.2. The van der Waals surface area contributed by atoms with Crippen LogP contribution >= 0.6 is 0 Å². The van der Waals surface area contributed by atoms with E-state index in [9.17, 15) is 0 Å². The predicted molar refractivity (Wildman–Crippen MR) is 495 cm³/mol. The van der Waals surface area contributed by atoms with Crippen LogP contribution in [0.3, 0.4) is 0 Å². The van der Waals surface area contributed by atoms with Crippen LogP contribution in [-0.4, -0.2) is 15.8 Å². The Balaban J connectivity index is 0.981. The second kappa shape index (κ2) is 25.8. The van der Waals surface area contributed by atoms with Gasteiger partial charge < -0.3 is 18.9 Å². The van der Waals surface area contributed by atoms with Crippen molar-refractivity contribution in [3.8, 4) is 67.0 Å². The molecule has 554 valence electrons. The van der Waals surface area contributed by atoms with Gasteiger partial charge in [-0.05, 0) is 217 Å². The first-order chi connectivity index (χ1) is 55.6. The maximum Gasteiger partial charge on any atom is 0.252 e. The van der Waals surface area contributed by atoms with E-state index in [1.807, 2.05) is 0 Å². The highest BCUT2D eigenvalue weighted by atomic mass is 15.2. The molecule has 17 aromatic carbocycles. The minimum Gasteiger partial charge on any atom is -0.310 e. The van der Waals surface area contributed by atoms with Gasteiger partial charge >= 0.3 is 0 Å². The maximum atomic E-state index is 2.77. The van der Waals surface area contributed by atoms with Gasteiger partial charge in [0.05, 0.1) is 39.1 Å². The smallest absolute Gasteiger partial charge is 0.252 e. The van der Waals surface area contributed by atoms with E-state index < -0.39 is 0 Å². The van der Waals surface area contributed by atoms with Gasteiger partial charge in [0, 0.05) is 72.2 Å². The first kappa shape index (κ1) is 69.9. The van der Waals surface area contributed by atoms with Crippen molar-refractivity contribution in [2.45, 2.75) is 105 Å². The number of rotatable bonds is 9. The lowest BCUT2D eigenvalue weighted by Gasteiger charge is -2.46. The average Bonchev–Trinajstić information content (AvgIpc) is 1.64. The van der Waals surface area contributed by atoms with E-state index in [1.165, 1.54) is 98.1 Å². The Morgan fingerprint density at radius 1 is 0.226 bits per heavy atom. The van der Waals surface area contributed by atoms with Crippen molar-refractivity contribution in [1.82, 2.24) is 9.13 Å². The van der Waals surface area contributed by atoms with Crippen molar-refractivity contribution in [3.05, 3.63) is 356 Å². The first-order valence-corrected chi connectivity index (χ1v) is 41.0. The Bertz CT molecular complexity index is 6950. The number of benzene rings is 17. The SMILES string of the molecule is CC(C)(C)c1cc(-c2ccccc2)c(N2c3cc(-c4cc5cc(C(C)(C)C)cc6ccc7cc(C(C)(C)C)cc4c7c65)ccc3B3c4ccc(-n5c6ccccc6c6ccccc65)cc4N(c4c(-c5ccccc5)cc(C(C)(C)C)cc4-c4ccccc4)c4cc(-n5c6ccccc6c6ccccc65)cc2c43)c(-c2ccccc2)c1. The van der Waals surface area contributed by atoms with Crippen molar-refractivity contribution in [3.63, 3.8) is 0 Å². The average molecular weight is 1480 g/mol. The van der Waals surface area contributed by atoms with Crippen molar-refractivity contribution in [2.24, 2.45) is 0 Å². The molecule has 2 aromatic heterocycles. The molecule has 0 amide bonds.